The van der Waals surface area contributed by atoms with Crippen LogP contribution in [0.3, 0.4) is 0 Å². The molecule has 0 amide bonds. The zero-order chi connectivity index (χ0) is 12.1. The van der Waals surface area contributed by atoms with Gasteiger partial charge in [-0.3, -0.25) is 0 Å². The van der Waals surface area contributed by atoms with Gasteiger partial charge >= 0.3 is 6.61 Å². The smallest absolute Gasteiger partial charge is 0.387 e. The summed E-state index contributed by atoms with van der Waals surface area (Å²) in [7, 11) is 0. The number of rotatable bonds is 3. The quantitative estimate of drug-likeness (QED) is 0.878. The average Bonchev–Trinajstić information content (AvgIpc) is 2.57. The predicted octanol–water partition coefficient (Wildman–Crippen LogP) is 2.09. The van der Waals surface area contributed by atoms with E-state index in [1.165, 1.54) is 0 Å². The molecule has 0 aromatic heterocycles. The van der Waals surface area contributed by atoms with Gasteiger partial charge in [-0.15, -0.1) is 0 Å². The molecule has 0 spiro atoms. The van der Waals surface area contributed by atoms with Crippen molar-refractivity contribution in [2.75, 3.05) is 31.1 Å². The molecule has 1 aromatic carbocycles. The van der Waals surface area contributed by atoms with Crippen LogP contribution in [0.25, 0.3) is 0 Å². The summed E-state index contributed by atoms with van der Waals surface area (Å²) in [6.07, 6.45) is 1.06. The second-order valence-corrected chi connectivity index (χ2v) is 3.97. The van der Waals surface area contributed by atoms with E-state index in [4.69, 9.17) is 0 Å². The lowest BCUT2D eigenvalue weighted by Crippen LogP contribution is -2.27. The van der Waals surface area contributed by atoms with Gasteiger partial charge in [0.1, 0.15) is 5.75 Å². The fourth-order valence-corrected chi connectivity index (χ4v) is 1.96. The monoisotopic (exact) mass is 242 g/mol. The molecule has 0 bridgehead atoms. The normalized spacial score (nSPS) is 17.0. The van der Waals surface area contributed by atoms with Gasteiger partial charge in [-0.1, -0.05) is 6.07 Å². The number of anilines is 1. The van der Waals surface area contributed by atoms with Crippen molar-refractivity contribution >= 4 is 5.69 Å². The van der Waals surface area contributed by atoms with Crippen LogP contribution in [0.1, 0.15) is 6.42 Å². The molecule has 17 heavy (non-hydrogen) atoms. The van der Waals surface area contributed by atoms with Crippen LogP contribution in [0.4, 0.5) is 14.5 Å². The van der Waals surface area contributed by atoms with E-state index >= 15 is 0 Å². The topological polar surface area (TPSA) is 24.5 Å². The van der Waals surface area contributed by atoms with Crippen molar-refractivity contribution in [1.29, 1.82) is 0 Å². The van der Waals surface area contributed by atoms with Gasteiger partial charge in [0.25, 0.3) is 0 Å². The number of alkyl halides is 2. The molecule has 1 aliphatic heterocycles. The third-order valence-corrected chi connectivity index (χ3v) is 2.75. The molecule has 0 aliphatic carbocycles. The van der Waals surface area contributed by atoms with E-state index in [1.807, 2.05) is 6.07 Å². The highest BCUT2D eigenvalue weighted by Gasteiger charge is 2.11. The van der Waals surface area contributed by atoms with Crippen LogP contribution in [0, 0.1) is 0 Å². The van der Waals surface area contributed by atoms with E-state index in [-0.39, 0.29) is 5.75 Å². The molecule has 5 heteroatoms. The number of ether oxygens (including phenoxy) is 1. The second kappa shape index (κ2) is 5.82. The van der Waals surface area contributed by atoms with E-state index < -0.39 is 6.61 Å². The molecular formula is C12H16F2N2O. The van der Waals surface area contributed by atoms with Gasteiger partial charge in [-0.05, 0) is 25.1 Å². The van der Waals surface area contributed by atoms with Crippen LogP contribution >= 0.6 is 0 Å². The van der Waals surface area contributed by atoms with Crippen molar-refractivity contribution in [3.8, 4) is 5.75 Å². The summed E-state index contributed by atoms with van der Waals surface area (Å²) in [4.78, 5) is 2.18. The van der Waals surface area contributed by atoms with Gasteiger partial charge in [-0.2, -0.15) is 8.78 Å². The molecule has 0 saturated carbocycles. The van der Waals surface area contributed by atoms with Gasteiger partial charge in [0.05, 0.1) is 0 Å². The number of halogens is 2. The fraction of sp³-hybridized carbons (Fsp3) is 0.500. The molecule has 0 unspecified atom stereocenters. The molecule has 0 atom stereocenters. The number of nitrogens with one attached hydrogen (secondary N) is 1. The third kappa shape index (κ3) is 3.56. The number of benzene rings is 1. The third-order valence-electron chi connectivity index (χ3n) is 2.75. The first-order chi connectivity index (χ1) is 8.25. The number of hydrogen-bond acceptors (Lipinski definition) is 3. The Hall–Kier alpha value is -1.36. The number of nitrogens with zero attached hydrogens (tertiary/aromatic N) is 1. The van der Waals surface area contributed by atoms with Crippen molar-refractivity contribution < 1.29 is 13.5 Å². The zero-order valence-electron chi connectivity index (χ0n) is 9.53. The Balaban J connectivity index is 2.08. The van der Waals surface area contributed by atoms with Crippen LogP contribution in [-0.4, -0.2) is 32.8 Å². The van der Waals surface area contributed by atoms with Crippen LogP contribution in [0.2, 0.25) is 0 Å². The maximum atomic E-state index is 12.1. The van der Waals surface area contributed by atoms with Crippen LogP contribution < -0.4 is 15.0 Å². The van der Waals surface area contributed by atoms with E-state index in [2.05, 4.69) is 15.0 Å². The van der Waals surface area contributed by atoms with Gasteiger partial charge in [0.15, 0.2) is 0 Å². The number of hydrogen-bond donors (Lipinski definition) is 1. The van der Waals surface area contributed by atoms with Gasteiger partial charge in [0.2, 0.25) is 0 Å². The highest BCUT2D eigenvalue weighted by Crippen LogP contribution is 2.22. The molecule has 3 nitrogen and oxygen atoms in total. The fourth-order valence-electron chi connectivity index (χ4n) is 1.96. The Bertz CT molecular complexity index is 352. The molecule has 94 valence electrons. The lowest BCUT2D eigenvalue weighted by Gasteiger charge is -2.22. The molecule has 2 rings (SSSR count). The van der Waals surface area contributed by atoms with Crippen LogP contribution in [0.5, 0.6) is 5.75 Å². The maximum Gasteiger partial charge on any atom is 0.387 e. The minimum Gasteiger partial charge on any atom is -0.435 e. The summed E-state index contributed by atoms with van der Waals surface area (Å²) in [6.45, 7) is 0.975. The average molecular weight is 242 g/mol. The highest BCUT2D eigenvalue weighted by atomic mass is 19.3. The first-order valence-electron chi connectivity index (χ1n) is 5.76. The summed E-state index contributed by atoms with van der Waals surface area (Å²) in [5, 5.41) is 3.30. The molecule has 1 saturated heterocycles. The minimum absolute atomic E-state index is 0.217. The summed E-state index contributed by atoms with van der Waals surface area (Å²) in [6, 6.07) is 6.87. The van der Waals surface area contributed by atoms with Crippen molar-refractivity contribution in [3.05, 3.63) is 24.3 Å². The predicted molar refractivity (Wildman–Crippen MR) is 62.8 cm³/mol. The highest BCUT2D eigenvalue weighted by molar-refractivity contribution is 5.50. The standard InChI is InChI=1S/C12H16F2N2O/c13-12(14)17-11-4-1-3-10(9-11)16-7-2-5-15-6-8-16/h1,3-4,9,12,15H,2,5-8H2. The van der Waals surface area contributed by atoms with E-state index in [0.29, 0.717) is 0 Å². The summed E-state index contributed by atoms with van der Waals surface area (Å²) in [5.74, 6) is 0.217. The minimum atomic E-state index is -2.77. The van der Waals surface area contributed by atoms with Gasteiger partial charge in [-0.25, -0.2) is 0 Å². The van der Waals surface area contributed by atoms with Crippen molar-refractivity contribution in [3.63, 3.8) is 0 Å². The molecular weight excluding hydrogens is 226 g/mol. The Kier molecular flexibility index (Phi) is 4.14. The summed E-state index contributed by atoms with van der Waals surface area (Å²) < 4.78 is 28.6. The Morgan fingerprint density at radius 3 is 2.94 bits per heavy atom. The van der Waals surface area contributed by atoms with Gasteiger partial charge in [0, 0.05) is 31.4 Å². The van der Waals surface area contributed by atoms with E-state index in [0.717, 1.165) is 38.3 Å². The molecule has 1 N–H and O–H groups in total. The zero-order valence-corrected chi connectivity index (χ0v) is 9.53. The lowest BCUT2D eigenvalue weighted by molar-refractivity contribution is -0.0498. The van der Waals surface area contributed by atoms with Crippen LogP contribution in [-0.2, 0) is 0 Å². The second-order valence-electron chi connectivity index (χ2n) is 3.97. The van der Waals surface area contributed by atoms with Crippen LogP contribution in [0.15, 0.2) is 24.3 Å². The molecule has 1 aromatic rings. The Morgan fingerprint density at radius 2 is 2.12 bits per heavy atom. The van der Waals surface area contributed by atoms with Crippen molar-refractivity contribution in [1.82, 2.24) is 5.32 Å². The molecule has 0 radical (unpaired) electrons. The molecule has 1 fully saturated rings. The maximum absolute atomic E-state index is 12.1. The Morgan fingerprint density at radius 1 is 1.24 bits per heavy atom. The molecule has 1 heterocycles. The van der Waals surface area contributed by atoms with E-state index in [1.54, 1.807) is 18.2 Å². The SMILES string of the molecule is FC(F)Oc1cccc(N2CCCNCC2)c1. The summed E-state index contributed by atoms with van der Waals surface area (Å²) >= 11 is 0. The van der Waals surface area contributed by atoms with E-state index in [9.17, 15) is 8.78 Å². The summed E-state index contributed by atoms with van der Waals surface area (Å²) in [5.41, 5.74) is 0.937. The Labute approximate surface area is 99.4 Å². The lowest BCUT2D eigenvalue weighted by atomic mass is 10.2. The largest absolute Gasteiger partial charge is 0.435 e. The first kappa shape index (κ1) is 12.1. The first-order valence-corrected chi connectivity index (χ1v) is 5.76. The molecule has 1 aliphatic rings. The van der Waals surface area contributed by atoms with Crippen molar-refractivity contribution in [2.45, 2.75) is 13.0 Å². The van der Waals surface area contributed by atoms with Gasteiger partial charge < -0.3 is 15.0 Å². The van der Waals surface area contributed by atoms with Crippen molar-refractivity contribution in [2.24, 2.45) is 0 Å².